The SMILES string of the molecule is CC1CC(C)(C)CCC1(O)c1ccc(Cl)cc1. The van der Waals surface area contributed by atoms with Crippen molar-refractivity contribution in [2.45, 2.75) is 45.6 Å². The summed E-state index contributed by atoms with van der Waals surface area (Å²) < 4.78 is 0. The first-order chi connectivity index (χ1) is 7.83. The molecule has 1 aromatic carbocycles. The third-order valence-electron chi connectivity index (χ3n) is 4.20. The van der Waals surface area contributed by atoms with Crippen LogP contribution in [0.15, 0.2) is 24.3 Å². The summed E-state index contributed by atoms with van der Waals surface area (Å²) in [4.78, 5) is 0. The van der Waals surface area contributed by atoms with Gasteiger partial charge in [0.25, 0.3) is 0 Å². The van der Waals surface area contributed by atoms with Gasteiger partial charge in [0.15, 0.2) is 0 Å². The van der Waals surface area contributed by atoms with E-state index in [4.69, 9.17) is 11.6 Å². The molecule has 17 heavy (non-hydrogen) atoms. The van der Waals surface area contributed by atoms with Crippen molar-refractivity contribution in [3.63, 3.8) is 0 Å². The van der Waals surface area contributed by atoms with E-state index in [2.05, 4.69) is 20.8 Å². The molecule has 0 aliphatic heterocycles. The van der Waals surface area contributed by atoms with Crippen molar-refractivity contribution in [3.05, 3.63) is 34.9 Å². The van der Waals surface area contributed by atoms with Crippen LogP contribution in [0, 0.1) is 11.3 Å². The summed E-state index contributed by atoms with van der Waals surface area (Å²) in [6.45, 7) is 6.71. The molecule has 1 saturated carbocycles. The Morgan fingerprint density at radius 2 is 1.76 bits per heavy atom. The van der Waals surface area contributed by atoms with E-state index >= 15 is 0 Å². The number of hydrogen-bond acceptors (Lipinski definition) is 1. The van der Waals surface area contributed by atoms with Gasteiger partial charge in [-0.15, -0.1) is 0 Å². The maximum absolute atomic E-state index is 10.9. The quantitative estimate of drug-likeness (QED) is 0.787. The highest BCUT2D eigenvalue weighted by atomic mass is 35.5. The smallest absolute Gasteiger partial charge is 0.0922 e. The zero-order valence-electron chi connectivity index (χ0n) is 10.8. The van der Waals surface area contributed by atoms with Crippen molar-refractivity contribution in [3.8, 4) is 0 Å². The Hall–Kier alpha value is -0.530. The van der Waals surface area contributed by atoms with Crippen LogP contribution in [-0.4, -0.2) is 5.11 Å². The van der Waals surface area contributed by atoms with Gasteiger partial charge in [0.1, 0.15) is 0 Å². The molecular weight excluding hydrogens is 232 g/mol. The fraction of sp³-hybridized carbons (Fsp3) is 0.600. The minimum atomic E-state index is -0.680. The van der Waals surface area contributed by atoms with Gasteiger partial charge >= 0.3 is 0 Å². The van der Waals surface area contributed by atoms with E-state index < -0.39 is 5.60 Å². The van der Waals surface area contributed by atoms with Crippen molar-refractivity contribution in [2.24, 2.45) is 11.3 Å². The molecule has 0 spiro atoms. The lowest BCUT2D eigenvalue weighted by Gasteiger charge is -2.45. The van der Waals surface area contributed by atoms with Crippen molar-refractivity contribution in [1.29, 1.82) is 0 Å². The summed E-state index contributed by atoms with van der Waals surface area (Å²) in [7, 11) is 0. The summed E-state index contributed by atoms with van der Waals surface area (Å²) >= 11 is 5.90. The van der Waals surface area contributed by atoms with Crippen molar-refractivity contribution in [2.75, 3.05) is 0 Å². The normalized spacial score (nSPS) is 32.4. The third-order valence-corrected chi connectivity index (χ3v) is 4.45. The highest BCUT2D eigenvalue weighted by Crippen LogP contribution is 2.48. The summed E-state index contributed by atoms with van der Waals surface area (Å²) in [5.74, 6) is 0.285. The third kappa shape index (κ3) is 2.51. The number of hydrogen-bond donors (Lipinski definition) is 1. The predicted molar refractivity (Wildman–Crippen MR) is 72.1 cm³/mol. The van der Waals surface area contributed by atoms with Gasteiger partial charge in [0.2, 0.25) is 0 Å². The molecule has 1 aliphatic rings. The van der Waals surface area contributed by atoms with E-state index in [1.165, 1.54) is 0 Å². The lowest BCUT2D eigenvalue weighted by atomic mass is 9.63. The van der Waals surface area contributed by atoms with E-state index in [-0.39, 0.29) is 5.92 Å². The van der Waals surface area contributed by atoms with Gasteiger partial charge in [0.05, 0.1) is 5.60 Å². The molecule has 2 rings (SSSR count). The van der Waals surface area contributed by atoms with Gasteiger partial charge in [-0.2, -0.15) is 0 Å². The average Bonchev–Trinajstić information content (AvgIpc) is 2.25. The Kier molecular flexibility index (Phi) is 3.26. The maximum Gasteiger partial charge on any atom is 0.0922 e. The molecule has 0 amide bonds. The largest absolute Gasteiger partial charge is 0.385 e. The lowest BCUT2D eigenvalue weighted by molar-refractivity contribution is -0.0769. The van der Waals surface area contributed by atoms with E-state index in [0.717, 1.165) is 29.8 Å². The van der Waals surface area contributed by atoms with E-state index in [1.54, 1.807) is 0 Å². The Morgan fingerprint density at radius 1 is 1.18 bits per heavy atom. The Morgan fingerprint density at radius 3 is 2.29 bits per heavy atom. The highest BCUT2D eigenvalue weighted by Gasteiger charge is 2.43. The first-order valence-corrected chi connectivity index (χ1v) is 6.70. The molecule has 1 aliphatic carbocycles. The second kappa shape index (κ2) is 4.29. The van der Waals surface area contributed by atoms with Crippen LogP contribution in [0.25, 0.3) is 0 Å². The molecule has 94 valence electrons. The minimum Gasteiger partial charge on any atom is -0.385 e. The molecule has 0 saturated heterocycles. The van der Waals surface area contributed by atoms with Crippen molar-refractivity contribution < 1.29 is 5.11 Å². The summed E-state index contributed by atoms with van der Waals surface area (Å²) in [6, 6.07) is 7.64. The van der Waals surface area contributed by atoms with Crippen LogP contribution in [0.1, 0.15) is 45.6 Å². The number of rotatable bonds is 1. The second-order valence-electron chi connectivity index (χ2n) is 6.20. The zero-order chi connectivity index (χ0) is 12.7. The first-order valence-electron chi connectivity index (χ1n) is 6.32. The number of benzene rings is 1. The topological polar surface area (TPSA) is 20.2 Å². The van der Waals surface area contributed by atoms with E-state index in [1.807, 2.05) is 24.3 Å². The zero-order valence-corrected chi connectivity index (χ0v) is 11.6. The summed E-state index contributed by atoms with van der Waals surface area (Å²) in [5, 5.41) is 11.6. The molecular formula is C15H21ClO. The molecule has 2 unspecified atom stereocenters. The van der Waals surface area contributed by atoms with E-state index in [0.29, 0.717) is 5.41 Å². The molecule has 1 fully saturated rings. The van der Waals surface area contributed by atoms with Crippen LogP contribution < -0.4 is 0 Å². The predicted octanol–water partition coefficient (Wildman–Crippen LogP) is 4.37. The average molecular weight is 253 g/mol. The van der Waals surface area contributed by atoms with Crippen LogP contribution in [0.3, 0.4) is 0 Å². The van der Waals surface area contributed by atoms with E-state index in [9.17, 15) is 5.11 Å². The monoisotopic (exact) mass is 252 g/mol. The maximum atomic E-state index is 10.9. The minimum absolute atomic E-state index is 0.285. The van der Waals surface area contributed by atoms with Gasteiger partial charge in [-0.3, -0.25) is 0 Å². The lowest BCUT2D eigenvalue weighted by Crippen LogP contribution is -2.41. The molecule has 0 aromatic heterocycles. The second-order valence-corrected chi connectivity index (χ2v) is 6.64. The van der Waals surface area contributed by atoms with Gasteiger partial charge in [-0.05, 0) is 48.3 Å². The summed E-state index contributed by atoms with van der Waals surface area (Å²) in [5.41, 5.74) is 0.669. The van der Waals surface area contributed by atoms with Crippen LogP contribution in [0.2, 0.25) is 5.02 Å². The Labute approximate surface area is 109 Å². The number of aliphatic hydroxyl groups is 1. The fourth-order valence-electron chi connectivity index (χ4n) is 3.04. The van der Waals surface area contributed by atoms with Crippen LogP contribution in [0.5, 0.6) is 0 Å². The molecule has 2 heteroatoms. The first kappa shape index (κ1) is 12.9. The molecule has 1 aromatic rings. The molecule has 0 bridgehead atoms. The fourth-order valence-corrected chi connectivity index (χ4v) is 3.17. The standard InChI is InChI=1S/C15H21ClO/c1-11-10-14(2,3)8-9-15(11,17)12-4-6-13(16)7-5-12/h4-7,11,17H,8-10H2,1-3H3. The van der Waals surface area contributed by atoms with Crippen molar-refractivity contribution >= 4 is 11.6 Å². The van der Waals surface area contributed by atoms with Crippen LogP contribution >= 0.6 is 11.6 Å². The molecule has 0 radical (unpaired) electrons. The molecule has 2 atom stereocenters. The molecule has 1 N–H and O–H groups in total. The number of halogens is 1. The summed E-state index contributed by atoms with van der Waals surface area (Å²) in [6.07, 6.45) is 2.96. The van der Waals surface area contributed by atoms with Gasteiger partial charge in [0, 0.05) is 5.02 Å². The Balaban J connectivity index is 2.28. The molecule has 0 heterocycles. The molecule has 1 nitrogen and oxygen atoms in total. The highest BCUT2D eigenvalue weighted by molar-refractivity contribution is 6.30. The van der Waals surface area contributed by atoms with Crippen LogP contribution in [-0.2, 0) is 5.60 Å². The van der Waals surface area contributed by atoms with Gasteiger partial charge in [-0.25, -0.2) is 0 Å². The van der Waals surface area contributed by atoms with Gasteiger partial charge in [-0.1, -0.05) is 44.5 Å². The Bertz CT molecular complexity index is 396. The van der Waals surface area contributed by atoms with Crippen molar-refractivity contribution in [1.82, 2.24) is 0 Å². The van der Waals surface area contributed by atoms with Gasteiger partial charge < -0.3 is 5.11 Å². The van der Waals surface area contributed by atoms with Crippen LogP contribution in [0.4, 0.5) is 0 Å².